The van der Waals surface area contributed by atoms with Crippen LogP contribution in [0.4, 0.5) is 5.13 Å². The summed E-state index contributed by atoms with van der Waals surface area (Å²) in [5, 5.41) is 7.54. The van der Waals surface area contributed by atoms with Crippen LogP contribution in [0.25, 0.3) is 10.2 Å². The number of nitrogens with zero attached hydrogens (tertiary/aromatic N) is 3. The van der Waals surface area contributed by atoms with Gasteiger partial charge in [-0.3, -0.25) is 14.8 Å². The normalized spacial score (nSPS) is 11.0. The number of hydrogen-bond donors (Lipinski definition) is 1. The minimum Gasteiger partial charge on any atom is -0.296 e. The number of aromatic nitrogens is 3. The van der Waals surface area contributed by atoms with Gasteiger partial charge in [0.2, 0.25) is 0 Å². The summed E-state index contributed by atoms with van der Waals surface area (Å²) in [5.74, 6) is -0.184. The summed E-state index contributed by atoms with van der Waals surface area (Å²) >= 11 is 3.17. The number of thioether (sulfide) groups is 1. The maximum Gasteiger partial charge on any atom is 0.275 e. The van der Waals surface area contributed by atoms with Crippen molar-refractivity contribution in [2.75, 3.05) is 11.6 Å². The summed E-state index contributed by atoms with van der Waals surface area (Å²) in [6.45, 7) is 1.87. The Kier molecular flexibility index (Phi) is 3.69. The summed E-state index contributed by atoms with van der Waals surface area (Å²) in [5.41, 5.74) is 2.30. The van der Waals surface area contributed by atoms with Gasteiger partial charge in [0, 0.05) is 11.9 Å². The highest BCUT2D eigenvalue weighted by Crippen LogP contribution is 2.29. The minimum absolute atomic E-state index is 0.184. The number of fused-ring (bicyclic) bond motifs is 1. The summed E-state index contributed by atoms with van der Waals surface area (Å²) in [6, 6.07) is 6.09. The smallest absolute Gasteiger partial charge is 0.275 e. The van der Waals surface area contributed by atoms with Gasteiger partial charge in [-0.2, -0.15) is 5.10 Å². The topological polar surface area (TPSA) is 59.8 Å². The number of nitrogens with one attached hydrogen (secondary N) is 1. The summed E-state index contributed by atoms with van der Waals surface area (Å²) < 4.78 is 2.64. The molecule has 0 atom stereocenters. The van der Waals surface area contributed by atoms with Crippen molar-refractivity contribution >= 4 is 44.4 Å². The second kappa shape index (κ2) is 5.50. The molecule has 0 aliphatic rings. The summed E-state index contributed by atoms with van der Waals surface area (Å²) in [7, 11) is 1.75. The zero-order valence-corrected chi connectivity index (χ0v) is 13.5. The monoisotopic (exact) mass is 318 g/mol. The lowest BCUT2D eigenvalue weighted by molar-refractivity contribution is 0.101. The largest absolute Gasteiger partial charge is 0.296 e. The maximum absolute atomic E-state index is 12.3. The van der Waals surface area contributed by atoms with Gasteiger partial charge >= 0.3 is 0 Å². The zero-order chi connectivity index (χ0) is 15.0. The van der Waals surface area contributed by atoms with Crippen molar-refractivity contribution in [2.45, 2.75) is 11.8 Å². The molecule has 21 heavy (non-hydrogen) atoms. The second-order valence-corrected chi connectivity index (χ2v) is 6.52. The molecule has 0 spiro atoms. The number of aryl methyl sites for hydroxylation is 2. The Morgan fingerprint density at radius 3 is 2.90 bits per heavy atom. The molecule has 108 valence electrons. The zero-order valence-electron chi connectivity index (χ0n) is 11.9. The number of benzene rings is 1. The minimum atomic E-state index is -0.184. The van der Waals surface area contributed by atoms with Gasteiger partial charge in [0.1, 0.15) is 5.69 Å². The molecule has 0 unspecified atom stereocenters. The highest BCUT2D eigenvalue weighted by atomic mass is 32.2. The van der Waals surface area contributed by atoms with Gasteiger partial charge in [0.15, 0.2) is 5.13 Å². The predicted molar refractivity (Wildman–Crippen MR) is 87.3 cm³/mol. The molecule has 1 N–H and O–H groups in total. The van der Waals surface area contributed by atoms with Gasteiger partial charge in [-0.15, -0.1) is 11.8 Å². The number of thiazole rings is 1. The molecule has 0 radical (unpaired) electrons. The first-order chi connectivity index (χ1) is 10.1. The molecule has 0 bridgehead atoms. The van der Waals surface area contributed by atoms with Crippen molar-refractivity contribution < 1.29 is 4.79 Å². The molecule has 2 aromatic heterocycles. The Bertz CT molecular complexity index is 802. The standard InChI is InChI=1S/C14H14N4OS2/c1-8-7-15-18(2)12(8)13(19)17-14-16-10-5-4-9(20-3)6-11(10)21-14/h4-7H,1-3H3,(H,16,17,19). The van der Waals surface area contributed by atoms with Crippen LogP contribution in [0.1, 0.15) is 16.1 Å². The van der Waals surface area contributed by atoms with E-state index in [1.807, 2.05) is 25.3 Å². The Morgan fingerprint density at radius 1 is 1.43 bits per heavy atom. The van der Waals surface area contributed by atoms with Crippen LogP contribution in [0.3, 0.4) is 0 Å². The molecule has 0 fully saturated rings. The third kappa shape index (κ3) is 2.66. The van der Waals surface area contributed by atoms with Crippen LogP contribution in [0.2, 0.25) is 0 Å². The van der Waals surface area contributed by atoms with Crippen molar-refractivity contribution in [3.8, 4) is 0 Å². The fraction of sp³-hybridized carbons (Fsp3) is 0.214. The average Bonchev–Trinajstić information content (AvgIpc) is 3.00. The van der Waals surface area contributed by atoms with Gasteiger partial charge in [-0.25, -0.2) is 4.98 Å². The molecule has 3 aromatic rings. The van der Waals surface area contributed by atoms with E-state index in [2.05, 4.69) is 21.5 Å². The predicted octanol–water partition coefficient (Wildman–Crippen LogP) is 3.31. The molecule has 2 heterocycles. The molecule has 0 saturated heterocycles. The molecule has 0 aliphatic heterocycles. The Labute approximate surface area is 130 Å². The highest BCUT2D eigenvalue weighted by Gasteiger charge is 2.16. The molecule has 0 aliphatic carbocycles. The molecule has 3 rings (SSSR count). The third-order valence-electron chi connectivity index (χ3n) is 3.15. The molecule has 0 saturated carbocycles. The van der Waals surface area contributed by atoms with E-state index in [0.717, 1.165) is 15.8 Å². The summed E-state index contributed by atoms with van der Waals surface area (Å²) in [6.07, 6.45) is 3.72. The number of amides is 1. The van der Waals surface area contributed by atoms with E-state index in [0.29, 0.717) is 10.8 Å². The van der Waals surface area contributed by atoms with Crippen LogP contribution in [-0.2, 0) is 7.05 Å². The van der Waals surface area contributed by atoms with Crippen LogP contribution in [-0.4, -0.2) is 26.9 Å². The number of hydrogen-bond acceptors (Lipinski definition) is 5. The van der Waals surface area contributed by atoms with E-state index >= 15 is 0 Å². The Balaban J connectivity index is 1.89. The lowest BCUT2D eigenvalue weighted by atomic mass is 10.2. The van der Waals surface area contributed by atoms with Crippen LogP contribution >= 0.6 is 23.1 Å². The first-order valence-corrected chi connectivity index (χ1v) is 8.37. The van der Waals surface area contributed by atoms with E-state index in [1.165, 1.54) is 16.2 Å². The third-order valence-corrected chi connectivity index (χ3v) is 4.81. The van der Waals surface area contributed by atoms with Crippen molar-refractivity contribution in [3.63, 3.8) is 0 Å². The Morgan fingerprint density at radius 2 is 2.24 bits per heavy atom. The van der Waals surface area contributed by atoms with Crippen LogP contribution in [0, 0.1) is 6.92 Å². The van der Waals surface area contributed by atoms with Crippen LogP contribution in [0.5, 0.6) is 0 Å². The van der Waals surface area contributed by atoms with Gasteiger partial charge in [-0.1, -0.05) is 11.3 Å². The number of anilines is 1. The van der Waals surface area contributed by atoms with Gasteiger partial charge in [0.05, 0.1) is 16.4 Å². The van der Waals surface area contributed by atoms with Gasteiger partial charge < -0.3 is 0 Å². The number of rotatable bonds is 3. The van der Waals surface area contributed by atoms with Crippen molar-refractivity contribution in [1.82, 2.24) is 14.8 Å². The SMILES string of the molecule is CSc1ccc2nc(NC(=O)c3c(C)cnn3C)sc2c1. The second-order valence-electron chi connectivity index (χ2n) is 4.61. The van der Waals surface area contributed by atoms with E-state index in [1.54, 1.807) is 29.7 Å². The van der Waals surface area contributed by atoms with Crippen molar-refractivity contribution in [1.29, 1.82) is 0 Å². The van der Waals surface area contributed by atoms with E-state index in [9.17, 15) is 4.79 Å². The Hall–Kier alpha value is -1.86. The van der Waals surface area contributed by atoms with Crippen LogP contribution in [0.15, 0.2) is 29.3 Å². The molecular weight excluding hydrogens is 304 g/mol. The lowest BCUT2D eigenvalue weighted by Gasteiger charge is -2.02. The van der Waals surface area contributed by atoms with Gasteiger partial charge in [0.25, 0.3) is 5.91 Å². The maximum atomic E-state index is 12.3. The fourth-order valence-corrected chi connectivity index (χ4v) is 3.53. The molecule has 1 amide bonds. The lowest BCUT2D eigenvalue weighted by Crippen LogP contribution is -2.17. The highest BCUT2D eigenvalue weighted by molar-refractivity contribution is 7.98. The number of carbonyl (C=O) groups excluding carboxylic acids is 1. The van der Waals surface area contributed by atoms with Crippen molar-refractivity contribution in [2.24, 2.45) is 7.05 Å². The summed E-state index contributed by atoms with van der Waals surface area (Å²) in [4.78, 5) is 17.9. The molecule has 1 aromatic carbocycles. The van der Waals surface area contributed by atoms with E-state index in [4.69, 9.17) is 0 Å². The van der Waals surface area contributed by atoms with E-state index in [-0.39, 0.29) is 5.91 Å². The van der Waals surface area contributed by atoms with Gasteiger partial charge in [-0.05, 0) is 36.9 Å². The van der Waals surface area contributed by atoms with E-state index < -0.39 is 0 Å². The molecule has 7 heteroatoms. The molecule has 5 nitrogen and oxygen atoms in total. The fourth-order valence-electron chi connectivity index (χ4n) is 2.12. The molecular formula is C14H14N4OS2. The quantitative estimate of drug-likeness (QED) is 0.753. The first-order valence-electron chi connectivity index (χ1n) is 6.33. The number of carbonyl (C=O) groups is 1. The van der Waals surface area contributed by atoms with Crippen molar-refractivity contribution in [3.05, 3.63) is 35.7 Å². The average molecular weight is 318 g/mol. The van der Waals surface area contributed by atoms with Crippen LogP contribution < -0.4 is 5.32 Å². The first kappa shape index (κ1) is 14.1.